The summed E-state index contributed by atoms with van der Waals surface area (Å²) in [6.07, 6.45) is 2.62. The van der Waals surface area contributed by atoms with E-state index in [2.05, 4.69) is 21.3 Å². The van der Waals surface area contributed by atoms with Crippen LogP contribution in [0.25, 0.3) is 0 Å². The zero-order valence-electron chi connectivity index (χ0n) is 14.2. The second-order valence-electron chi connectivity index (χ2n) is 7.00. The number of nitrogens with one attached hydrogen (secondary N) is 4. The van der Waals surface area contributed by atoms with Crippen molar-refractivity contribution >= 4 is 11.8 Å². The lowest BCUT2D eigenvalue weighted by Crippen LogP contribution is -2.50. The molecule has 2 fully saturated rings. The summed E-state index contributed by atoms with van der Waals surface area (Å²) < 4.78 is 0. The maximum atomic E-state index is 11.8. The summed E-state index contributed by atoms with van der Waals surface area (Å²) in [7, 11) is 0. The third kappa shape index (κ3) is 6.35. The molecule has 138 valence electrons. The third-order valence-electron chi connectivity index (χ3n) is 4.88. The normalized spacial score (nSPS) is 22.6. The Morgan fingerprint density at radius 3 is 1.42 bits per heavy atom. The smallest absolute Gasteiger partial charge is 0.220 e. The van der Waals surface area contributed by atoms with Gasteiger partial charge in [0.2, 0.25) is 11.8 Å². The van der Waals surface area contributed by atoms with Gasteiger partial charge in [-0.25, -0.2) is 0 Å². The van der Waals surface area contributed by atoms with Gasteiger partial charge in [-0.15, -0.1) is 0 Å². The number of carbonyl (C=O) groups is 2. The highest BCUT2D eigenvalue weighted by Crippen LogP contribution is 2.17. The predicted molar refractivity (Wildman–Crippen MR) is 89.4 cm³/mol. The monoisotopic (exact) mass is 342 g/mol. The molecule has 8 nitrogen and oxygen atoms in total. The van der Waals surface area contributed by atoms with Gasteiger partial charge in [0.25, 0.3) is 0 Å². The highest BCUT2D eigenvalue weighted by molar-refractivity contribution is 5.83. The molecular formula is C16H30N4O4. The Labute approximate surface area is 142 Å². The summed E-state index contributed by atoms with van der Waals surface area (Å²) in [5, 5.41) is 32.3. The van der Waals surface area contributed by atoms with E-state index in [0.29, 0.717) is 25.7 Å². The molecule has 2 aliphatic heterocycles. The number of carbonyl (C=O) groups excluding carboxylic acids is 2. The van der Waals surface area contributed by atoms with E-state index in [1.54, 1.807) is 0 Å². The lowest BCUT2D eigenvalue weighted by Gasteiger charge is -2.32. The van der Waals surface area contributed by atoms with Gasteiger partial charge in [0, 0.05) is 25.9 Å². The molecule has 0 atom stereocenters. The minimum absolute atomic E-state index is 0.0835. The Morgan fingerprint density at radius 2 is 1.08 bits per heavy atom. The molecule has 8 heteroatoms. The lowest BCUT2D eigenvalue weighted by atomic mass is 9.92. The molecule has 0 unspecified atom stereocenters. The molecule has 2 rings (SSSR count). The maximum absolute atomic E-state index is 11.8. The molecule has 0 saturated carbocycles. The Hall–Kier alpha value is -1.22. The van der Waals surface area contributed by atoms with E-state index in [0.717, 1.165) is 26.2 Å². The van der Waals surface area contributed by atoms with Gasteiger partial charge in [-0.2, -0.15) is 0 Å². The number of hydrogen-bond acceptors (Lipinski definition) is 6. The number of piperidine rings is 2. The fourth-order valence-corrected chi connectivity index (χ4v) is 3.07. The van der Waals surface area contributed by atoms with E-state index in [4.69, 9.17) is 0 Å². The van der Waals surface area contributed by atoms with Gasteiger partial charge in [-0.1, -0.05) is 0 Å². The summed E-state index contributed by atoms with van der Waals surface area (Å²) >= 11 is 0. The second kappa shape index (κ2) is 8.75. The molecule has 0 aromatic heterocycles. The number of hydrogen-bond donors (Lipinski definition) is 6. The summed E-state index contributed by atoms with van der Waals surface area (Å²) in [6.45, 7) is 3.42. The Morgan fingerprint density at radius 1 is 0.750 bits per heavy atom. The summed E-state index contributed by atoms with van der Waals surface area (Å²) in [4.78, 5) is 23.7. The van der Waals surface area contributed by atoms with Crippen LogP contribution in [0.15, 0.2) is 0 Å². The molecule has 0 aliphatic carbocycles. The first kappa shape index (κ1) is 19.1. The summed E-state index contributed by atoms with van der Waals surface area (Å²) in [6, 6.07) is 0. The van der Waals surface area contributed by atoms with Crippen LogP contribution in [0.1, 0.15) is 38.5 Å². The van der Waals surface area contributed by atoms with Gasteiger partial charge in [-0.05, 0) is 51.9 Å². The largest absolute Gasteiger partial charge is 0.388 e. The van der Waals surface area contributed by atoms with Crippen molar-refractivity contribution in [2.45, 2.75) is 49.7 Å². The topological polar surface area (TPSA) is 123 Å². The minimum atomic E-state index is -0.846. The SMILES string of the molecule is O=C(CCC(=O)NCC1(O)CCNCC1)NCC1(O)CCNCC1. The number of aliphatic hydroxyl groups is 2. The molecule has 2 amide bonds. The van der Waals surface area contributed by atoms with Crippen molar-refractivity contribution < 1.29 is 19.8 Å². The fourth-order valence-electron chi connectivity index (χ4n) is 3.07. The quantitative estimate of drug-likeness (QED) is 0.325. The van der Waals surface area contributed by atoms with Crippen molar-refractivity contribution in [1.29, 1.82) is 0 Å². The molecule has 2 aliphatic rings. The van der Waals surface area contributed by atoms with Crippen LogP contribution in [0.3, 0.4) is 0 Å². The summed E-state index contributed by atoms with van der Waals surface area (Å²) in [5.74, 6) is -0.477. The standard InChI is InChI=1S/C16H30N4O4/c21-13(19-11-15(23)3-7-17-8-4-15)1-2-14(22)20-12-16(24)5-9-18-10-6-16/h17-18,23-24H,1-12H2,(H,19,21)(H,20,22). The van der Waals surface area contributed by atoms with E-state index in [1.807, 2.05) is 0 Å². The highest BCUT2D eigenvalue weighted by atomic mass is 16.3. The molecule has 0 aromatic carbocycles. The lowest BCUT2D eigenvalue weighted by molar-refractivity contribution is -0.127. The van der Waals surface area contributed by atoms with Crippen LogP contribution in [-0.4, -0.2) is 72.5 Å². The Balaban J connectivity index is 1.59. The Kier molecular flexibility index (Phi) is 6.97. The molecule has 0 bridgehead atoms. The van der Waals surface area contributed by atoms with Gasteiger partial charge < -0.3 is 31.5 Å². The second-order valence-corrected chi connectivity index (χ2v) is 7.00. The molecule has 0 radical (unpaired) electrons. The molecule has 2 saturated heterocycles. The third-order valence-corrected chi connectivity index (χ3v) is 4.88. The summed E-state index contributed by atoms with van der Waals surface area (Å²) in [5.41, 5.74) is -1.69. The predicted octanol–water partition coefficient (Wildman–Crippen LogP) is -1.77. The van der Waals surface area contributed by atoms with Crippen molar-refractivity contribution in [3.05, 3.63) is 0 Å². The minimum Gasteiger partial charge on any atom is -0.388 e. The van der Waals surface area contributed by atoms with Crippen molar-refractivity contribution in [2.24, 2.45) is 0 Å². The van der Waals surface area contributed by atoms with Crippen LogP contribution < -0.4 is 21.3 Å². The average Bonchev–Trinajstić information content (AvgIpc) is 2.58. The van der Waals surface area contributed by atoms with Gasteiger partial charge in [-0.3, -0.25) is 9.59 Å². The van der Waals surface area contributed by atoms with Crippen LogP contribution in [0.5, 0.6) is 0 Å². The van der Waals surface area contributed by atoms with Crippen molar-refractivity contribution in [1.82, 2.24) is 21.3 Å². The van der Waals surface area contributed by atoms with E-state index in [-0.39, 0.29) is 37.7 Å². The number of amides is 2. The van der Waals surface area contributed by atoms with Gasteiger partial charge in [0.05, 0.1) is 11.2 Å². The molecular weight excluding hydrogens is 312 g/mol. The van der Waals surface area contributed by atoms with Crippen LogP contribution in [0, 0.1) is 0 Å². The van der Waals surface area contributed by atoms with Gasteiger partial charge >= 0.3 is 0 Å². The number of rotatable bonds is 7. The van der Waals surface area contributed by atoms with Crippen molar-refractivity contribution in [2.75, 3.05) is 39.3 Å². The highest BCUT2D eigenvalue weighted by Gasteiger charge is 2.30. The van der Waals surface area contributed by atoms with Crippen LogP contribution in [-0.2, 0) is 9.59 Å². The van der Waals surface area contributed by atoms with E-state index in [1.165, 1.54) is 0 Å². The van der Waals surface area contributed by atoms with Crippen LogP contribution >= 0.6 is 0 Å². The fraction of sp³-hybridized carbons (Fsp3) is 0.875. The maximum Gasteiger partial charge on any atom is 0.220 e. The van der Waals surface area contributed by atoms with Gasteiger partial charge in [0.1, 0.15) is 0 Å². The molecule has 0 aromatic rings. The first-order valence-corrected chi connectivity index (χ1v) is 8.81. The zero-order valence-corrected chi connectivity index (χ0v) is 14.2. The average molecular weight is 342 g/mol. The van der Waals surface area contributed by atoms with Crippen molar-refractivity contribution in [3.63, 3.8) is 0 Å². The Bertz CT molecular complexity index is 392. The molecule has 0 spiro atoms. The van der Waals surface area contributed by atoms with Gasteiger partial charge in [0.15, 0.2) is 0 Å². The zero-order chi connectivity index (χ0) is 17.5. The molecule has 6 N–H and O–H groups in total. The molecule has 24 heavy (non-hydrogen) atoms. The first-order valence-electron chi connectivity index (χ1n) is 8.81. The molecule has 2 heterocycles. The van der Waals surface area contributed by atoms with E-state index >= 15 is 0 Å². The van der Waals surface area contributed by atoms with Crippen LogP contribution in [0.2, 0.25) is 0 Å². The van der Waals surface area contributed by atoms with Crippen molar-refractivity contribution in [3.8, 4) is 0 Å². The van der Waals surface area contributed by atoms with E-state index in [9.17, 15) is 19.8 Å². The van der Waals surface area contributed by atoms with Crippen LogP contribution in [0.4, 0.5) is 0 Å². The first-order chi connectivity index (χ1) is 11.4. The van der Waals surface area contributed by atoms with E-state index < -0.39 is 11.2 Å².